The molecular weight excluding hydrogens is 294 g/mol. The van der Waals surface area contributed by atoms with Gasteiger partial charge in [-0.3, -0.25) is 13.9 Å². The molecule has 0 aliphatic carbocycles. The average molecular weight is 319 g/mol. The number of rotatable bonds is 6. The summed E-state index contributed by atoms with van der Waals surface area (Å²) in [4.78, 5) is 26.7. The van der Waals surface area contributed by atoms with Crippen molar-refractivity contribution in [2.75, 3.05) is 13.1 Å². The van der Waals surface area contributed by atoms with Crippen LogP contribution in [0.5, 0.6) is 0 Å². The molecule has 1 N–H and O–H groups in total. The van der Waals surface area contributed by atoms with E-state index in [9.17, 15) is 14.7 Å². The predicted molar refractivity (Wildman–Crippen MR) is 90.4 cm³/mol. The maximum Gasteiger partial charge on any atom is 0.329 e. The standard InChI is InChI=1S/C17H25N3O3/c1-5-18(12-17(3,4)23)15(21)11-20-14-10-8-7-9-13(14)19(6-2)16(20)22/h7-10,23H,5-6,11-12H2,1-4H3. The highest BCUT2D eigenvalue weighted by atomic mass is 16.3. The quantitative estimate of drug-likeness (QED) is 0.876. The van der Waals surface area contributed by atoms with Crippen molar-refractivity contribution in [3.63, 3.8) is 0 Å². The molecule has 0 aliphatic rings. The Morgan fingerprint density at radius 3 is 2.22 bits per heavy atom. The molecule has 0 bridgehead atoms. The highest BCUT2D eigenvalue weighted by molar-refractivity contribution is 5.81. The molecule has 0 saturated carbocycles. The maximum atomic E-state index is 12.6. The number of aryl methyl sites for hydroxylation is 1. The molecule has 6 heteroatoms. The first-order valence-corrected chi connectivity index (χ1v) is 7.96. The summed E-state index contributed by atoms with van der Waals surface area (Å²) in [7, 11) is 0. The molecule has 1 aromatic carbocycles. The zero-order chi connectivity index (χ0) is 17.2. The molecule has 2 rings (SSSR count). The third kappa shape index (κ3) is 3.64. The number of carbonyl (C=O) groups is 1. The highest BCUT2D eigenvalue weighted by Crippen LogP contribution is 2.13. The van der Waals surface area contributed by atoms with Crippen LogP contribution in [0.3, 0.4) is 0 Å². The fourth-order valence-electron chi connectivity index (χ4n) is 2.81. The molecule has 2 aromatic rings. The van der Waals surface area contributed by atoms with Crippen LogP contribution in [0.1, 0.15) is 27.7 Å². The van der Waals surface area contributed by atoms with Crippen molar-refractivity contribution in [2.45, 2.75) is 46.4 Å². The Morgan fingerprint density at radius 1 is 1.17 bits per heavy atom. The van der Waals surface area contributed by atoms with Crippen molar-refractivity contribution in [1.82, 2.24) is 14.0 Å². The summed E-state index contributed by atoms with van der Waals surface area (Å²) in [5.41, 5.74) is 0.445. The lowest BCUT2D eigenvalue weighted by Crippen LogP contribution is -2.44. The topological polar surface area (TPSA) is 67.5 Å². The molecule has 6 nitrogen and oxygen atoms in total. The number of para-hydroxylation sites is 2. The number of hydrogen-bond acceptors (Lipinski definition) is 3. The number of nitrogens with zero attached hydrogens (tertiary/aromatic N) is 3. The third-order valence-electron chi connectivity index (χ3n) is 3.85. The van der Waals surface area contributed by atoms with Crippen molar-refractivity contribution in [1.29, 1.82) is 0 Å². The number of imidazole rings is 1. The molecule has 0 saturated heterocycles. The van der Waals surface area contributed by atoms with Crippen LogP contribution in [0, 0.1) is 0 Å². The number of fused-ring (bicyclic) bond motifs is 1. The van der Waals surface area contributed by atoms with Gasteiger partial charge in [-0.25, -0.2) is 4.79 Å². The second kappa shape index (κ2) is 6.58. The van der Waals surface area contributed by atoms with Crippen LogP contribution in [0.15, 0.2) is 29.1 Å². The summed E-state index contributed by atoms with van der Waals surface area (Å²) in [5.74, 6) is -0.171. The van der Waals surface area contributed by atoms with E-state index in [1.54, 1.807) is 23.3 Å². The normalized spacial score (nSPS) is 11.9. The predicted octanol–water partition coefficient (Wildman–Crippen LogP) is 1.44. The van der Waals surface area contributed by atoms with Gasteiger partial charge in [0.2, 0.25) is 5.91 Å². The van der Waals surface area contributed by atoms with Crippen LogP contribution in [0.4, 0.5) is 0 Å². The largest absolute Gasteiger partial charge is 0.389 e. The summed E-state index contributed by atoms with van der Waals surface area (Å²) in [6, 6.07) is 7.47. The summed E-state index contributed by atoms with van der Waals surface area (Å²) in [6.07, 6.45) is 0. The van der Waals surface area contributed by atoms with Crippen molar-refractivity contribution in [2.24, 2.45) is 0 Å². The molecule has 0 unspecified atom stereocenters. The Labute approximate surface area is 135 Å². The maximum absolute atomic E-state index is 12.6. The Bertz CT molecular complexity index is 753. The fourth-order valence-corrected chi connectivity index (χ4v) is 2.81. The Balaban J connectivity index is 2.36. The van der Waals surface area contributed by atoms with Crippen LogP contribution in [0.25, 0.3) is 11.0 Å². The summed E-state index contributed by atoms with van der Waals surface area (Å²) >= 11 is 0. The van der Waals surface area contributed by atoms with Crippen LogP contribution >= 0.6 is 0 Å². The van der Waals surface area contributed by atoms with Crippen LogP contribution in [-0.2, 0) is 17.9 Å². The van der Waals surface area contributed by atoms with Crippen molar-refractivity contribution < 1.29 is 9.90 Å². The molecule has 1 amide bonds. The molecule has 0 aliphatic heterocycles. The summed E-state index contributed by atoms with van der Waals surface area (Å²) < 4.78 is 3.17. The number of carbonyl (C=O) groups excluding carboxylic acids is 1. The highest BCUT2D eigenvalue weighted by Gasteiger charge is 2.23. The number of benzene rings is 1. The first-order valence-electron chi connectivity index (χ1n) is 7.96. The van der Waals surface area contributed by atoms with Gasteiger partial charge in [-0.1, -0.05) is 12.1 Å². The third-order valence-corrected chi connectivity index (χ3v) is 3.85. The van der Waals surface area contributed by atoms with Crippen molar-refractivity contribution in [3.8, 4) is 0 Å². The number of aromatic nitrogens is 2. The van der Waals surface area contributed by atoms with Crippen molar-refractivity contribution >= 4 is 16.9 Å². The minimum atomic E-state index is -0.964. The minimum Gasteiger partial charge on any atom is -0.389 e. The average Bonchev–Trinajstić information content (AvgIpc) is 2.76. The first kappa shape index (κ1) is 17.3. The van der Waals surface area contributed by atoms with Crippen LogP contribution in [-0.4, -0.2) is 43.7 Å². The first-order chi connectivity index (χ1) is 10.8. The van der Waals surface area contributed by atoms with E-state index in [0.29, 0.717) is 13.1 Å². The molecule has 0 spiro atoms. The molecule has 126 valence electrons. The van der Waals surface area contributed by atoms with Gasteiger partial charge >= 0.3 is 5.69 Å². The van der Waals surface area contributed by atoms with Gasteiger partial charge in [0.25, 0.3) is 0 Å². The van der Waals surface area contributed by atoms with E-state index in [2.05, 4.69) is 0 Å². The van der Waals surface area contributed by atoms with E-state index in [1.165, 1.54) is 4.57 Å². The second-order valence-electron chi connectivity index (χ2n) is 6.32. The lowest BCUT2D eigenvalue weighted by molar-refractivity contribution is -0.134. The SMILES string of the molecule is CCN(CC(C)(C)O)C(=O)Cn1c(=O)n(CC)c2ccccc21. The fraction of sp³-hybridized carbons (Fsp3) is 0.529. The molecule has 0 radical (unpaired) electrons. The van der Waals surface area contributed by atoms with Gasteiger partial charge in [0.1, 0.15) is 6.54 Å². The van der Waals surface area contributed by atoms with Gasteiger partial charge in [-0.15, -0.1) is 0 Å². The number of hydrogen-bond donors (Lipinski definition) is 1. The van der Waals surface area contributed by atoms with Crippen LogP contribution < -0.4 is 5.69 Å². The summed E-state index contributed by atoms with van der Waals surface area (Å²) in [5, 5.41) is 9.94. The smallest absolute Gasteiger partial charge is 0.329 e. The molecule has 1 aromatic heterocycles. The molecule has 0 atom stereocenters. The van der Waals surface area contributed by atoms with Gasteiger partial charge in [-0.2, -0.15) is 0 Å². The Kier molecular flexibility index (Phi) is 4.94. The van der Waals surface area contributed by atoms with E-state index in [-0.39, 0.29) is 24.7 Å². The van der Waals surface area contributed by atoms with E-state index >= 15 is 0 Å². The molecule has 0 fully saturated rings. The molecule has 1 heterocycles. The van der Waals surface area contributed by atoms with Gasteiger partial charge in [0.15, 0.2) is 0 Å². The van der Waals surface area contributed by atoms with Gasteiger partial charge in [0.05, 0.1) is 16.6 Å². The Hall–Kier alpha value is -2.08. The minimum absolute atomic E-state index is 0.0176. The van der Waals surface area contributed by atoms with E-state index in [0.717, 1.165) is 11.0 Å². The summed E-state index contributed by atoms with van der Waals surface area (Å²) in [6.45, 7) is 8.37. The lowest BCUT2D eigenvalue weighted by Gasteiger charge is -2.28. The van der Waals surface area contributed by atoms with Crippen molar-refractivity contribution in [3.05, 3.63) is 34.7 Å². The van der Waals surface area contributed by atoms with Gasteiger partial charge in [-0.05, 0) is 39.8 Å². The Morgan fingerprint density at radius 2 is 1.74 bits per heavy atom. The van der Waals surface area contributed by atoms with Crippen LogP contribution in [0.2, 0.25) is 0 Å². The van der Waals surface area contributed by atoms with E-state index in [1.807, 2.05) is 38.1 Å². The number of amides is 1. The zero-order valence-corrected chi connectivity index (χ0v) is 14.2. The second-order valence-corrected chi connectivity index (χ2v) is 6.32. The number of aliphatic hydroxyl groups is 1. The van der Waals surface area contributed by atoms with Gasteiger partial charge < -0.3 is 10.0 Å². The molecule has 23 heavy (non-hydrogen) atoms. The van der Waals surface area contributed by atoms with E-state index < -0.39 is 5.60 Å². The zero-order valence-electron chi connectivity index (χ0n) is 14.2. The lowest BCUT2D eigenvalue weighted by atomic mass is 10.1. The van der Waals surface area contributed by atoms with E-state index in [4.69, 9.17) is 0 Å². The monoisotopic (exact) mass is 319 g/mol. The molecular formula is C17H25N3O3. The number of likely N-dealkylation sites (N-methyl/N-ethyl adjacent to an activating group) is 1. The van der Waals surface area contributed by atoms with Gasteiger partial charge in [0, 0.05) is 19.6 Å².